The van der Waals surface area contributed by atoms with Gasteiger partial charge in [-0.05, 0) is 31.5 Å². The van der Waals surface area contributed by atoms with Crippen molar-refractivity contribution in [1.29, 1.82) is 0 Å². The summed E-state index contributed by atoms with van der Waals surface area (Å²) in [6, 6.07) is 3.69. The maximum Gasteiger partial charge on any atom is 0.0937 e. The normalized spacial score (nSPS) is 12.6. The number of hydrogen-bond donors (Lipinski definition) is 1. The van der Waals surface area contributed by atoms with Gasteiger partial charge in [0.1, 0.15) is 0 Å². The highest BCUT2D eigenvalue weighted by Gasteiger charge is 2.22. The van der Waals surface area contributed by atoms with Crippen LogP contribution in [0.5, 0.6) is 0 Å². The first-order valence-corrected chi connectivity index (χ1v) is 7.99. The van der Waals surface area contributed by atoms with Crippen LogP contribution in [0.15, 0.2) is 24.5 Å². The maximum absolute atomic E-state index is 6.36. The molecule has 2 aromatic heterocycles. The van der Waals surface area contributed by atoms with Gasteiger partial charge in [-0.2, -0.15) is 5.10 Å². The summed E-state index contributed by atoms with van der Waals surface area (Å²) in [7, 11) is 0. The van der Waals surface area contributed by atoms with Crippen LogP contribution in [0.25, 0.3) is 0 Å². The van der Waals surface area contributed by atoms with Crippen LogP contribution in [0.3, 0.4) is 0 Å². The maximum atomic E-state index is 6.36. The number of hydrogen-bond acceptors (Lipinski definition) is 3. The minimum atomic E-state index is -0.0798. The lowest BCUT2D eigenvalue weighted by Gasteiger charge is -2.20. The van der Waals surface area contributed by atoms with Gasteiger partial charge in [-0.15, -0.1) is 0 Å². The zero-order valence-electron chi connectivity index (χ0n) is 12.3. The Bertz CT molecular complexity index is 566. The largest absolute Gasteiger partial charge is 0.304 e. The predicted octanol–water partition coefficient (Wildman–Crippen LogP) is 4.08. The van der Waals surface area contributed by atoms with Crippen LogP contribution in [-0.2, 0) is 6.54 Å². The van der Waals surface area contributed by atoms with Gasteiger partial charge in [-0.1, -0.05) is 37.0 Å². The van der Waals surface area contributed by atoms with Crippen LogP contribution >= 0.6 is 23.2 Å². The van der Waals surface area contributed by atoms with Gasteiger partial charge in [-0.25, -0.2) is 0 Å². The molecule has 0 fully saturated rings. The minimum absolute atomic E-state index is 0.0798. The highest BCUT2D eigenvalue weighted by Crippen LogP contribution is 2.28. The van der Waals surface area contributed by atoms with Gasteiger partial charge in [0.2, 0.25) is 0 Å². The molecule has 0 aliphatic carbocycles. The molecule has 1 N–H and O–H groups in total. The van der Waals surface area contributed by atoms with Crippen molar-refractivity contribution >= 4 is 23.2 Å². The van der Waals surface area contributed by atoms with E-state index in [-0.39, 0.29) is 6.04 Å². The fourth-order valence-electron chi connectivity index (χ4n) is 2.24. The number of rotatable bonds is 7. The summed E-state index contributed by atoms with van der Waals surface area (Å²) in [6.45, 7) is 5.96. The number of aromatic nitrogens is 3. The second-order valence-electron chi connectivity index (χ2n) is 4.89. The summed E-state index contributed by atoms with van der Waals surface area (Å²) < 4.78 is 1.95. The number of nitrogens with one attached hydrogen (secondary N) is 1. The lowest BCUT2D eigenvalue weighted by molar-refractivity contribution is 0.505. The number of nitrogens with zero attached hydrogens (tertiary/aromatic N) is 3. The Morgan fingerprint density at radius 2 is 2.00 bits per heavy atom. The molecule has 2 heterocycles. The molecule has 1 atom stereocenters. The first kappa shape index (κ1) is 16.3. The van der Waals surface area contributed by atoms with Gasteiger partial charge in [0.25, 0.3) is 0 Å². The van der Waals surface area contributed by atoms with Crippen molar-refractivity contribution in [2.45, 2.75) is 39.3 Å². The fourth-order valence-corrected chi connectivity index (χ4v) is 2.60. The number of pyridine rings is 1. The Balaban J connectivity index is 2.40. The zero-order valence-corrected chi connectivity index (χ0v) is 13.8. The topological polar surface area (TPSA) is 42.7 Å². The first-order chi connectivity index (χ1) is 10.2. The van der Waals surface area contributed by atoms with Gasteiger partial charge >= 0.3 is 0 Å². The highest BCUT2D eigenvalue weighted by atomic mass is 35.5. The van der Waals surface area contributed by atoms with Crippen LogP contribution in [0.1, 0.15) is 44.1 Å². The first-order valence-electron chi connectivity index (χ1n) is 7.23. The summed E-state index contributed by atoms with van der Waals surface area (Å²) >= 11 is 12.3. The van der Waals surface area contributed by atoms with E-state index in [2.05, 4.69) is 29.2 Å². The van der Waals surface area contributed by atoms with Crippen molar-refractivity contribution in [1.82, 2.24) is 20.1 Å². The Labute approximate surface area is 135 Å². The molecule has 2 rings (SSSR count). The summed E-state index contributed by atoms with van der Waals surface area (Å²) in [5, 5.41) is 9.15. The number of aryl methyl sites for hydroxylation is 1. The van der Waals surface area contributed by atoms with Crippen molar-refractivity contribution in [3.05, 3.63) is 46.0 Å². The van der Waals surface area contributed by atoms with Crippen molar-refractivity contribution in [2.24, 2.45) is 0 Å². The molecular formula is C15H20Cl2N4. The third-order valence-electron chi connectivity index (χ3n) is 3.19. The van der Waals surface area contributed by atoms with Gasteiger partial charge in [0, 0.05) is 12.7 Å². The van der Waals surface area contributed by atoms with Crippen molar-refractivity contribution in [2.75, 3.05) is 6.54 Å². The van der Waals surface area contributed by atoms with Crippen molar-refractivity contribution in [3.8, 4) is 0 Å². The fraction of sp³-hybridized carbons (Fsp3) is 0.467. The molecule has 6 heteroatoms. The molecule has 0 saturated carbocycles. The SMILES string of the molecule is CCCNC(c1ccc(Cl)cn1)c1c(Cl)cnn1CCC. The quantitative estimate of drug-likeness (QED) is 0.833. The molecule has 0 amide bonds. The van der Waals surface area contributed by atoms with E-state index >= 15 is 0 Å². The smallest absolute Gasteiger partial charge is 0.0937 e. The van der Waals surface area contributed by atoms with E-state index in [0.717, 1.165) is 37.3 Å². The third-order valence-corrected chi connectivity index (χ3v) is 3.70. The van der Waals surface area contributed by atoms with Gasteiger partial charge in [-0.3, -0.25) is 9.67 Å². The van der Waals surface area contributed by atoms with Gasteiger partial charge in [0.05, 0.1) is 33.7 Å². The second-order valence-corrected chi connectivity index (χ2v) is 5.73. The van der Waals surface area contributed by atoms with E-state index in [0.29, 0.717) is 10.0 Å². The minimum Gasteiger partial charge on any atom is -0.304 e. The molecule has 0 bridgehead atoms. The lowest BCUT2D eigenvalue weighted by Crippen LogP contribution is -2.27. The van der Waals surface area contributed by atoms with Gasteiger partial charge in [0.15, 0.2) is 0 Å². The number of halogens is 2. The molecule has 4 nitrogen and oxygen atoms in total. The van der Waals surface area contributed by atoms with Crippen LogP contribution in [0.4, 0.5) is 0 Å². The summed E-state index contributed by atoms with van der Waals surface area (Å²) in [5.41, 5.74) is 1.86. The average molecular weight is 327 g/mol. The summed E-state index contributed by atoms with van der Waals surface area (Å²) in [4.78, 5) is 4.44. The molecule has 0 aliphatic rings. The van der Waals surface area contributed by atoms with Crippen LogP contribution in [0.2, 0.25) is 10.0 Å². The van der Waals surface area contributed by atoms with Crippen molar-refractivity contribution in [3.63, 3.8) is 0 Å². The Hall–Kier alpha value is -1.10. The van der Waals surface area contributed by atoms with E-state index < -0.39 is 0 Å². The summed E-state index contributed by atoms with van der Waals surface area (Å²) in [5.74, 6) is 0. The third kappa shape index (κ3) is 3.96. The van der Waals surface area contributed by atoms with Crippen molar-refractivity contribution < 1.29 is 0 Å². The Morgan fingerprint density at radius 3 is 2.62 bits per heavy atom. The molecule has 0 aromatic carbocycles. The molecule has 0 aliphatic heterocycles. The molecule has 0 radical (unpaired) electrons. The van der Waals surface area contributed by atoms with E-state index in [1.54, 1.807) is 12.4 Å². The summed E-state index contributed by atoms with van der Waals surface area (Å²) in [6.07, 6.45) is 5.39. The molecule has 1 unspecified atom stereocenters. The van der Waals surface area contributed by atoms with Crippen LogP contribution in [-0.4, -0.2) is 21.3 Å². The van der Waals surface area contributed by atoms with Crippen LogP contribution < -0.4 is 5.32 Å². The molecule has 0 spiro atoms. The van der Waals surface area contributed by atoms with E-state index in [1.807, 2.05) is 16.8 Å². The molecule has 2 aromatic rings. The highest BCUT2D eigenvalue weighted by molar-refractivity contribution is 6.31. The molecule has 114 valence electrons. The van der Waals surface area contributed by atoms with E-state index in [4.69, 9.17) is 23.2 Å². The standard InChI is InChI=1S/C15H20Cl2N4/c1-3-7-18-14(13-6-5-11(16)9-19-13)15-12(17)10-20-21(15)8-4-2/h5-6,9-10,14,18H,3-4,7-8H2,1-2H3. The van der Waals surface area contributed by atoms with Crippen LogP contribution in [0, 0.1) is 0 Å². The molecular weight excluding hydrogens is 307 g/mol. The average Bonchev–Trinajstić information content (AvgIpc) is 2.83. The Kier molecular flexibility index (Phi) is 6.03. The molecule has 0 saturated heterocycles. The monoisotopic (exact) mass is 326 g/mol. The van der Waals surface area contributed by atoms with E-state index in [9.17, 15) is 0 Å². The predicted molar refractivity (Wildman–Crippen MR) is 86.9 cm³/mol. The zero-order chi connectivity index (χ0) is 15.2. The van der Waals surface area contributed by atoms with Gasteiger partial charge < -0.3 is 5.32 Å². The second kappa shape index (κ2) is 7.78. The van der Waals surface area contributed by atoms with E-state index in [1.165, 1.54) is 0 Å². The lowest BCUT2D eigenvalue weighted by atomic mass is 10.1. The molecule has 21 heavy (non-hydrogen) atoms. The Morgan fingerprint density at radius 1 is 1.19 bits per heavy atom.